The second-order valence-electron chi connectivity index (χ2n) is 4.51. The van der Waals surface area contributed by atoms with Gasteiger partial charge in [0, 0.05) is 20.1 Å². The molecule has 0 radical (unpaired) electrons. The number of methoxy groups -OCH3 is 1. The highest BCUT2D eigenvalue weighted by Crippen LogP contribution is 2.12. The van der Waals surface area contributed by atoms with Crippen LogP contribution in [-0.4, -0.2) is 44.0 Å². The molecule has 0 aliphatic rings. The third-order valence-corrected chi connectivity index (χ3v) is 2.82. The first-order valence-corrected chi connectivity index (χ1v) is 6.81. The smallest absolute Gasteiger partial charge is 0.219 e. The Kier molecular flexibility index (Phi) is 7.69. The van der Waals surface area contributed by atoms with E-state index in [1.807, 2.05) is 24.3 Å². The number of hydrogen-bond acceptors (Lipinski definition) is 4. The number of carbonyl (C=O) groups is 1. The number of hydrogen-bond donors (Lipinski definition) is 2. The van der Waals surface area contributed by atoms with Gasteiger partial charge in [0.25, 0.3) is 0 Å². The molecule has 1 amide bonds. The van der Waals surface area contributed by atoms with E-state index in [1.54, 1.807) is 14.0 Å². The fraction of sp³-hybridized carbons (Fsp3) is 0.533. The fourth-order valence-electron chi connectivity index (χ4n) is 1.58. The van der Waals surface area contributed by atoms with Crippen LogP contribution < -0.4 is 10.1 Å². The molecule has 20 heavy (non-hydrogen) atoms. The number of aliphatic hydroxyl groups is 1. The van der Waals surface area contributed by atoms with Gasteiger partial charge in [-0.25, -0.2) is 0 Å². The van der Waals surface area contributed by atoms with Crippen molar-refractivity contribution in [3.8, 4) is 5.75 Å². The minimum Gasteiger partial charge on any atom is -0.491 e. The predicted octanol–water partition coefficient (Wildman–Crippen LogP) is 1.14. The molecule has 0 aromatic heterocycles. The van der Waals surface area contributed by atoms with Crippen molar-refractivity contribution in [2.24, 2.45) is 0 Å². The molecule has 1 unspecified atom stereocenters. The van der Waals surface area contributed by atoms with Crippen molar-refractivity contribution in [2.75, 3.05) is 26.9 Å². The Morgan fingerprint density at radius 2 is 2.05 bits per heavy atom. The first-order valence-electron chi connectivity index (χ1n) is 6.81. The average molecular weight is 281 g/mol. The van der Waals surface area contributed by atoms with Crippen LogP contribution in [0.3, 0.4) is 0 Å². The Balaban J connectivity index is 2.28. The van der Waals surface area contributed by atoms with Gasteiger partial charge in [0.05, 0.1) is 6.61 Å². The first-order chi connectivity index (χ1) is 9.65. The summed E-state index contributed by atoms with van der Waals surface area (Å²) in [5, 5.41) is 12.3. The van der Waals surface area contributed by atoms with Crippen molar-refractivity contribution in [3.63, 3.8) is 0 Å². The predicted molar refractivity (Wildman–Crippen MR) is 76.8 cm³/mol. The third kappa shape index (κ3) is 6.54. The maximum Gasteiger partial charge on any atom is 0.219 e. The van der Waals surface area contributed by atoms with E-state index in [9.17, 15) is 9.90 Å². The molecular weight excluding hydrogens is 258 g/mol. The summed E-state index contributed by atoms with van der Waals surface area (Å²) in [5.41, 5.74) is 1.18. The molecule has 5 nitrogen and oxygen atoms in total. The second kappa shape index (κ2) is 9.34. The molecule has 0 saturated carbocycles. The zero-order chi connectivity index (χ0) is 14.8. The van der Waals surface area contributed by atoms with Gasteiger partial charge in [0.1, 0.15) is 18.5 Å². The first kappa shape index (κ1) is 16.5. The summed E-state index contributed by atoms with van der Waals surface area (Å²) in [7, 11) is 1.68. The number of benzene rings is 1. The zero-order valence-electron chi connectivity index (χ0n) is 12.1. The Bertz CT molecular complexity index is 391. The normalized spacial score (nSPS) is 11.9. The van der Waals surface area contributed by atoms with Gasteiger partial charge in [0.15, 0.2) is 0 Å². The summed E-state index contributed by atoms with van der Waals surface area (Å²) in [5.74, 6) is 0.624. The van der Waals surface area contributed by atoms with Crippen molar-refractivity contribution in [3.05, 3.63) is 29.8 Å². The number of carbonyl (C=O) groups excluding carboxylic acids is 1. The lowest BCUT2D eigenvalue weighted by Gasteiger charge is -2.13. The SMILES string of the molecule is CCC(=O)NCC(O)COc1ccc(CCOC)cc1. The number of nitrogens with one attached hydrogen (secondary N) is 1. The summed E-state index contributed by atoms with van der Waals surface area (Å²) in [6, 6.07) is 7.67. The van der Waals surface area contributed by atoms with E-state index in [1.165, 1.54) is 5.56 Å². The van der Waals surface area contributed by atoms with Gasteiger partial charge in [0.2, 0.25) is 5.91 Å². The minimum atomic E-state index is -0.710. The summed E-state index contributed by atoms with van der Waals surface area (Å²) >= 11 is 0. The van der Waals surface area contributed by atoms with Crippen molar-refractivity contribution in [1.29, 1.82) is 0 Å². The van der Waals surface area contributed by atoms with E-state index >= 15 is 0 Å². The van der Waals surface area contributed by atoms with Gasteiger partial charge in [-0.2, -0.15) is 0 Å². The maximum atomic E-state index is 11.0. The van der Waals surface area contributed by atoms with Gasteiger partial charge < -0.3 is 19.9 Å². The Labute approximate surface area is 119 Å². The quantitative estimate of drug-likeness (QED) is 0.712. The molecule has 0 bridgehead atoms. The summed E-state index contributed by atoms with van der Waals surface area (Å²) in [4.78, 5) is 11.0. The van der Waals surface area contributed by atoms with Crippen LogP contribution in [0.5, 0.6) is 5.75 Å². The molecule has 1 atom stereocenters. The lowest BCUT2D eigenvalue weighted by Crippen LogP contribution is -2.34. The summed E-state index contributed by atoms with van der Waals surface area (Å²) in [6.45, 7) is 2.82. The minimum absolute atomic E-state index is 0.0773. The van der Waals surface area contributed by atoms with Crippen molar-refractivity contribution >= 4 is 5.91 Å². The van der Waals surface area contributed by atoms with Crippen LogP contribution >= 0.6 is 0 Å². The highest BCUT2D eigenvalue weighted by atomic mass is 16.5. The molecule has 0 aliphatic heterocycles. The Hall–Kier alpha value is -1.59. The Morgan fingerprint density at radius 1 is 1.35 bits per heavy atom. The van der Waals surface area contributed by atoms with Gasteiger partial charge >= 0.3 is 0 Å². The van der Waals surface area contributed by atoms with Crippen LogP contribution in [0.15, 0.2) is 24.3 Å². The zero-order valence-corrected chi connectivity index (χ0v) is 12.1. The molecule has 0 fully saturated rings. The van der Waals surface area contributed by atoms with Crippen LogP contribution in [0.1, 0.15) is 18.9 Å². The summed E-state index contributed by atoms with van der Waals surface area (Å²) < 4.78 is 10.5. The average Bonchev–Trinajstić information content (AvgIpc) is 2.49. The van der Waals surface area contributed by atoms with E-state index in [2.05, 4.69) is 5.32 Å². The van der Waals surface area contributed by atoms with Crippen molar-refractivity contribution in [2.45, 2.75) is 25.9 Å². The van der Waals surface area contributed by atoms with E-state index in [4.69, 9.17) is 9.47 Å². The largest absolute Gasteiger partial charge is 0.491 e. The molecule has 0 aliphatic carbocycles. The van der Waals surface area contributed by atoms with E-state index in [0.29, 0.717) is 18.8 Å². The van der Waals surface area contributed by atoms with Gasteiger partial charge in [-0.1, -0.05) is 19.1 Å². The maximum absolute atomic E-state index is 11.0. The lowest BCUT2D eigenvalue weighted by molar-refractivity contribution is -0.121. The molecule has 2 N–H and O–H groups in total. The highest BCUT2D eigenvalue weighted by molar-refractivity contribution is 5.75. The van der Waals surface area contributed by atoms with E-state index in [-0.39, 0.29) is 19.1 Å². The van der Waals surface area contributed by atoms with Crippen molar-refractivity contribution in [1.82, 2.24) is 5.32 Å². The molecule has 1 aromatic carbocycles. The molecule has 0 heterocycles. The van der Waals surface area contributed by atoms with Crippen molar-refractivity contribution < 1.29 is 19.4 Å². The molecule has 0 saturated heterocycles. The van der Waals surface area contributed by atoms with Crippen LogP contribution in [0, 0.1) is 0 Å². The fourth-order valence-corrected chi connectivity index (χ4v) is 1.58. The number of ether oxygens (including phenoxy) is 2. The van der Waals surface area contributed by atoms with Crippen LogP contribution in [0.2, 0.25) is 0 Å². The number of rotatable bonds is 9. The third-order valence-electron chi connectivity index (χ3n) is 2.82. The summed E-state index contributed by atoms with van der Waals surface area (Å²) in [6.07, 6.45) is 0.567. The molecule has 0 spiro atoms. The number of amides is 1. The Morgan fingerprint density at radius 3 is 2.65 bits per heavy atom. The molecule has 1 rings (SSSR count). The highest BCUT2D eigenvalue weighted by Gasteiger charge is 2.07. The van der Waals surface area contributed by atoms with Crippen LogP contribution in [0.4, 0.5) is 0 Å². The molecular formula is C15H23NO4. The molecule has 1 aromatic rings. The monoisotopic (exact) mass is 281 g/mol. The van der Waals surface area contributed by atoms with E-state index in [0.717, 1.165) is 6.42 Å². The lowest BCUT2D eigenvalue weighted by atomic mass is 10.1. The number of aliphatic hydroxyl groups excluding tert-OH is 1. The van der Waals surface area contributed by atoms with Gasteiger partial charge in [-0.3, -0.25) is 4.79 Å². The molecule has 112 valence electrons. The van der Waals surface area contributed by atoms with E-state index < -0.39 is 6.10 Å². The standard InChI is InChI=1S/C15H23NO4/c1-3-15(18)16-10-13(17)11-20-14-6-4-12(5-7-14)8-9-19-2/h4-7,13,17H,3,8-11H2,1-2H3,(H,16,18). The van der Waals surface area contributed by atoms with Crippen LogP contribution in [0.25, 0.3) is 0 Å². The van der Waals surface area contributed by atoms with Crippen LogP contribution in [-0.2, 0) is 16.0 Å². The van der Waals surface area contributed by atoms with Gasteiger partial charge in [-0.05, 0) is 24.1 Å². The van der Waals surface area contributed by atoms with Gasteiger partial charge in [-0.15, -0.1) is 0 Å². The molecule has 5 heteroatoms. The second-order valence-corrected chi connectivity index (χ2v) is 4.51. The topological polar surface area (TPSA) is 67.8 Å².